The van der Waals surface area contributed by atoms with Gasteiger partial charge >= 0.3 is 0 Å². The number of benzene rings is 2. The Balaban J connectivity index is 1.99. The summed E-state index contributed by atoms with van der Waals surface area (Å²) in [5.74, 6) is -1.15. The van der Waals surface area contributed by atoms with Crippen molar-refractivity contribution in [1.82, 2.24) is 10.3 Å². The zero-order valence-electron chi connectivity index (χ0n) is 12.4. The Bertz CT molecular complexity index is 1020. The summed E-state index contributed by atoms with van der Waals surface area (Å²) >= 11 is 0. The summed E-state index contributed by atoms with van der Waals surface area (Å²) in [7, 11) is 0. The minimum Gasteiger partial charge on any atom is -0.332 e. The van der Waals surface area contributed by atoms with E-state index in [-0.39, 0.29) is 16.7 Å². The maximum absolute atomic E-state index is 13.8. The number of hydrogen-bond acceptors (Lipinski definition) is 3. The predicted octanol–water partition coefficient (Wildman–Crippen LogP) is 2.66. The van der Waals surface area contributed by atoms with E-state index in [4.69, 9.17) is 0 Å². The van der Waals surface area contributed by atoms with Crippen LogP contribution in [0.15, 0.2) is 59.5 Å². The maximum atomic E-state index is 13.8. The molecule has 2 N–H and O–H groups in total. The normalized spacial score (nSPS) is 11.7. The van der Waals surface area contributed by atoms with Crippen molar-refractivity contribution in [2.45, 2.75) is 6.04 Å². The van der Waals surface area contributed by atoms with Crippen LogP contribution in [0.1, 0.15) is 22.0 Å². The first-order valence-corrected chi connectivity index (χ1v) is 7.17. The molecule has 0 saturated carbocycles. The van der Waals surface area contributed by atoms with Gasteiger partial charge in [-0.3, -0.25) is 9.59 Å². The molecule has 2 aromatic carbocycles. The summed E-state index contributed by atoms with van der Waals surface area (Å²) in [5, 5.41) is 12.6. The zero-order chi connectivity index (χ0) is 17.1. The van der Waals surface area contributed by atoms with Crippen molar-refractivity contribution < 1.29 is 9.18 Å². The number of carbonyl (C=O) groups excluding carboxylic acids is 1. The van der Waals surface area contributed by atoms with Crippen LogP contribution in [0.25, 0.3) is 10.8 Å². The molecule has 0 unspecified atom stereocenters. The molecule has 3 aromatic rings. The lowest BCUT2D eigenvalue weighted by molar-refractivity contribution is 0.0946. The van der Waals surface area contributed by atoms with Crippen molar-refractivity contribution in [3.05, 3.63) is 82.0 Å². The number of nitrogens with one attached hydrogen (secondary N) is 2. The van der Waals surface area contributed by atoms with Crippen LogP contribution in [0.2, 0.25) is 0 Å². The second-order valence-electron chi connectivity index (χ2n) is 5.13. The van der Waals surface area contributed by atoms with Gasteiger partial charge in [0.1, 0.15) is 11.9 Å². The molecule has 0 radical (unpaired) electrons. The smallest absolute Gasteiger partial charge is 0.255 e. The second kappa shape index (κ2) is 6.34. The van der Waals surface area contributed by atoms with Gasteiger partial charge in [0.2, 0.25) is 0 Å². The van der Waals surface area contributed by atoms with Crippen LogP contribution in [0.4, 0.5) is 4.39 Å². The van der Waals surface area contributed by atoms with Gasteiger partial charge in [0.15, 0.2) is 0 Å². The first-order valence-electron chi connectivity index (χ1n) is 7.17. The van der Waals surface area contributed by atoms with Crippen LogP contribution in [-0.2, 0) is 0 Å². The lowest BCUT2D eigenvalue weighted by Crippen LogP contribution is -2.29. The number of pyridine rings is 1. The Morgan fingerprint density at radius 2 is 1.79 bits per heavy atom. The van der Waals surface area contributed by atoms with Gasteiger partial charge in [0, 0.05) is 22.5 Å². The minimum absolute atomic E-state index is 0.0853. The SMILES string of the molecule is N#C[C@@H](NC(=O)c1c[nH]c(=O)c2ccccc12)c1ccccc1F. The van der Waals surface area contributed by atoms with E-state index in [1.54, 1.807) is 30.3 Å². The van der Waals surface area contributed by atoms with Crippen LogP contribution in [0.5, 0.6) is 0 Å². The van der Waals surface area contributed by atoms with Gasteiger partial charge in [-0.1, -0.05) is 36.4 Å². The third-order valence-electron chi connectivity index (χ3n) is 3.67. The zero-order valence-corrected chi connectivity index (χ0v) is 12.4. The number of nitriles is 1. The van der Waals surface area contributed by atoms with E-state index in [1.807, 2.05) is 6.07 Å². The summed E-state index contributed by atoms with van der Waals surface area (Å²) in [6.45, 7) is 0. The van der Waals surface area contributed by atoms with E-state index in [1.165, 1.54) is 24.4 Å². The molecule has 118 valence electrons. The molecule has 0 spiro atoms. The van der Waals surface area contributed by atoms with Gasteiger partial charge in [-0.25, -0.2) is 4.39 Å². The first-order chi connectivity index (χ1) is 11.6. The number of fused-ring (bicyclic) bond motifs is 1. The number of hydrogen-bond donors (Lipinski definition) is 2. The molecule has 5 nitrogen and oxygen atoms in total. The van der Waals surface area contributed by atoms with Crippen molar-refractivity contribution in [2.75, 3.05) is 0 Å². The van der Waals surface area contributed by atoms with E-state index >= 15 is 0 Å². The monoisotopic (exact) mass is 321 g/mol. The van der Waals surface area contributed by atoms with Gasteiger partial charge in [0.25, 0.3) is 11.5 Å². The Morgan fingerprint density at radius 1 is 1.12 bits per heavy atom. The summed E-state index contributed by atoms with van der Waals surface area (Å²) in [5.41, 5.74) is -0.0167. The fourth-order valence-electron chi connectivity index (χ4n) is 2.49. The number of aromatic amines is 1. The molecule has 6 heteroatoms. The van der Waals surface area contributed by atoms with E-state index in [0.29, 0.717) is 10.8 Å². The van der Waals surface area contributed by atoms with Crippen molar-refractivity contribution >= 4 is 16.7 Å². The van der Waals surface area contributed by atoms with Crippen molar-refractivity contribution in [2.24, 2.45) is 0 Å². The Morgan fingerprint density at radius 3 is 2.50 bits per heavy atom. The fraction of sp³-hybridized carbons (Fsp3) is 0.0556. The highest BCUT2D eigenvalue weighted by atomic mass is 19.1. The van der Waals surface area contributed by atoms with Gasteiger partial charge < -0.3 is 10.3 Å². The highest BCUT2D eigenvalue weighted by Gasteiger charge is 2.20. The molecule has 0 saturated heterocycles. The van der Waals surface area contributed by atoms with E-state index in [0.717, 1.165) is 0 Å². The number of nitrogens with zero attached hydrogens (tertiary/aromatic N) is 1. The predicted molar refractivity (Wildman–Crippen MR) is 86.8 cm³/mol. The molecular formula is C18H12FN3O2. The topological polar surface area (TPSA) is 85.8 Å². The molecule has 0 aliphatic rings. The molecule has 0 fully saturated rings. The molecule has 1 heterocycles. The lowest BCUT2D eigenvalue weighted by atomic mass is 10.0. The van der Waals surface area contributed by atoms with Crippen LogP contribution < -0.4 is 10.9 Å². The van der Waals surface area contributed by atoms with Crippen LogP contribution in [0, 0.1) is 17.1 Å². The number of halogens is 1. The maximum Gasteiger partial charge on any atom is 0.255 e. The summed E-state index contributed by atoms with van der Waals surface area (Å²) < 4.78 is 13.8. The molecule has 1 atom stereocenters. The molecule has 3 rings (SSSR count). The molecule has 1 aromatic heterocycles. The third-order valence-corrected chi connectivity index (χ3v) is 3.67. The second-order valence-corrected chi connectivity index (χ2v) is 5.13. The highest BCUT2D eigenvalue weighted by Crippen LogP contribution is 2.19. The molecule has 0 aliphatic heterocycles. The van der Waals surface area contributed by atoms with Gasteiger partial charge in [-0.05, 0) is 12.1 Å². The largest absolute Gasteiger partial charge is 0.332 e. The molecule has 24 heavy (non-hydrogen) atoms. The Labute approximate surface area is 136 Å². The van der Waals surface area contributed by atoms with E-state index < -0.39 is 17.8 Å². The number of rotatable bonds is 3. The summed E-state index contributed by atoms with van der Waals surface area (Å²) in [6.07, 6.45) is 1.29. The molecule has 0 bridgehead atoms. The standard InChI is InChI=1S/C18H12FN3O2/c19-15-8-4-3-7-13(15)16(9-20)22-18(24)14-10-21-17(23)12-6-2-1-5-11(12)14/h1-8,10,16H,(H,21,23)(H,22,24)/t16-/m1/s1. The lowest BCUT2D eigenvalue weighted by Gasteiger charge is -2.13. The average Bonchev–Trinajstić information content (AvgIpc) is 2.61. The third kappa shape index (κ3) is 2.75. The molecule has 0 aliphatic carbocycles. The Kier molecular flexibility index (Phi) is 4.08. The number of carbonyl (C=O) groups is 1. The molecule has 1 amide bonds. The summed E-state index contributed by atoms with van der Waals surface area (Å²) in [6, 6.07) is 13.1. The van der Waals surface area contributed by atoms with Crippen LogP contribution in [-0.4, -0.2) is 10.9 Å². The quantitative estimate of drug-likeness (QED) is 0.777. The number of H-pyrrole nitrogens is 1. The molecular weight excluding hydrogens is 309 g/mol. The Hall–Kier alpha value is -3.46. The minimum atomic E-state index is -1.13. The van der Waals surface area contributed by atoms with E-state index in [9.17, 15) is 19.2 Å². The van der Waals surface area contributed by atoms with Gasteiger partial charge in [0.05, 0.1) is 11.6 Å². The van der Waals surface area contributed by atoms with Gasteiger partial charge in [-0.15, -0.1) is 0 Å². The summed E-state index contributed by atoms with van der Waals surface area (Å²) in [4.78, 5) is 26.8. The van der Waals surface area contributed by atoms with Crippen molar-refractivity contribution in [3.8, 4) is 6.07 Å². The van der Waals surface area contributed by atoms with Crippen molar-refractivity contribution in [1.29, 1.82) is 5.26 Å². The number of amides is 1. The first kappa shape index (κ1) is 15.4. The van der Waals surface area contributed by atoms with Crippen LogP contribution in [0.3, 0.4) is 0 Å². The highest BCUT2D eigenvalue weighted by molar-refractivity contribution is 6.06. The average molecular weight is 321 g/mol. The number of aromatic nitrogens is 1. The van der Waals surface area contributed by atoms with Crippen LogP contribution >= 0.6 is 0 Å². The fourth-order valence-corrected chi connectivity index (χ4v) is 2.49. The van der Waals surface area contributed by atoms with Crippen molar-refractivity contribution in [3.63, 3.8) is 0 Å². The van der Waals surface area contributed by atoms with E-state index in [2.05, 4.69) is 10.3 Å². The van der Waals surface area contributed by atoms with Gasteiger partial charge in [-0.2, -0.15) is 5.26 Å².